The van der Waals surface area contributed by atoms with Crippen LogP contribution in [-0.2, 0) is 4.79 Å². The van der Waals surface area contributed by atoms with Gasteiger partial charge in [-0.2, -0.15) is 0 Å². The minimum atomic E-state index is -0.416. The van der Waals surface area contributed by atoms with Gasteiger partial charge in [-0.15, -0.1) is 0 Å². The van der Waals surface area contributed by atoms with Crippen LogP contribution in [0.2, 0.25) is 10.0 Å². The number of fused-ring (bicyclic) bond motifs is 1. The van der Waals surface area contributed by atoms with E-state index in [0.29, 0.717) is 42.0 Å². The van der Waals surface area contributed by atoms with Crippen molar-refractivity contribution in [3.8, 4) is 0 Å². The third-order valence-electron chi connectivity index (χ3n) is 6.89. The Hall–Kier alpha value is -4.15. The average molecular weight is 658 g/mol. The molecule has 7 nitrogen and oxygen atoms in total. The number of carbonyl (C=O) groups is 1. The number of halogens is 2. The van der Waals surface area contributed by atoms with Gasteiger partial charge in [0.25, 0.3) is 11.6 Å². The lowest BCUT2D eigenvalue weighted by Gasteiger charge is -2.16. The minimum absolute atomic E-state index is 0.0712. The van der Waals surface area contributed by atoms with Crippen molar-refractivity contribution in [2.45, 2.75) is 23.6 Å². The number of hydrogen-bond acceptors (Lipinski definition) is 7. The lowest BCUT2D eigenvalue weighted by Crippen LogP contribution is -2.28. The van der Waals surface area contributed by atoms with Gasteiger partial charge in [0.05, 0.1) is 31.6 Å². The number of carbonyl (C=O) groups excluding carboxylic acids is 1. The molecule has 0 bridgehead atoms. The summed E-state index contributed by atoms with van der Waals surface area (Å²) in [7, 11) is 0. The number of aromatic nitrogens is 1. The van der Waals surface area contributed by atoms with Crippen molar-refractivity contribution in [1.82, 2.24) is 4.98 Å². The van der Waals surface area contributed by atoms with E-state index < -0.39 is 4.92 Å². The van der Waals surface area contributed by atoms with E-state index in [0.717, 1.165) is 26.9 Å². The molecule has 5 aromatic rings. The summed E-state index contributed by atoms with van der Waals surface area (Å²) in [5.74, 6) is -0.324. The lowest BCUT2D eigenvalue weighted by atomic mass is 10.1. The Balaban J connectivity index is 1.38. The number of thioether (sulfide) groups is 1. The number of nitro benzene ring substituents is 1. The highest BCUT2D eigenvalue weighted by Gasteiger charge is 2.35. The molecular weight excluding hydrogens is 635 g/mol. The molecule has 0 radical (unpaired) electrons. The van der Waals surface area contributed by atoms with Crippen molar-refractivity contribution < 1.29 is 9.72 Å². The van der Waals surface area contributed by atoms with Gasteiger partial charge in [-0.3, -0.25) is 24.8 Å². The van der Waals surface area contributed by atoms with Gasteiger partial charge in [0, 0.05) is 32.6 Å². The summed E-state index contributed by atoms with van der Waals surface area (Å²) in [6.45, 7) is 3.78. The number of aliphatic imine (C=N–C) groups is 1. The molecule has 0 saturated carbocycles. The van der Waals surface area contributed by atoms with Crippen LogP contribution in [0.15, 0.2) is 111 Å². The molecule has 218 valence electrons. The number of aryl methyl sites for hydroxylation is 2. The molecule has 0 aliphatic carbocycles. The van der Waals surface area contributed by atoms with Crippen molar-refractivity contribution >= 4 is 91.8 Å². The highest BCUT2D eigenvalue weighted by Crippen LogP contribution is 2.41. The van der Waals surface area contributed by atoms with Crippen molar-refractivity contribution in [3.63, 3.8) is 0 Å². The van der Waals surface area contributed by atoms with Gasteiger partial charge < -0.3 is 0 Å². The first-order chi connectivity index (χ1) is 21.2. The molecular formula is C33H22Cl2N4O3S2. The van der Waals surface area contributed by atoms with Crippen LogP contribution in [0, 0.1) is 24.0 Å². The highest BCUT2D eigenvalue weighted by molar-refractivity contribution is 8.19. The SMILES string of the molecule is Cc1ccc(N=C2S/C(=C\c3ccc(Sc4cccc5cccnc45)c([N+](=O)[O-])c3)C(=O)N2c2ccc(C)c(Cl)c2)cc1Cl. The number of hydrogen-bond donors (Lipinski definition) is 0. The zero-order valence-corrected chi connectivity index (χ0v) is 26.5. The van der Waals surface area contributed by atoms with Crippen LogP contribution in [-0.4, -0.2) is 21.0 Å². The molecule has 0 unspecified atom stereocenters. The fourth-order valence-electron chi connectivity index (χ4n) is 4.54. The van der Waals surface area contributed by atoms with Crippen LogP contribution in [0.1, 0.15) is 16.7 Å². The summed E-state index contributed by atoms with van der Waals surface area (Å²) < 4.78 is 0. The Morgan fingerprint density at radius 2 is 1.68 bits per heavy atom. The van der Waals surface area contributed by atoms with Gasteiger partial charge in [-0.05, 0) is 90.8 Å². The molecule has 0 atom stereocenters. The van der Waals surface area contributed by atoms with Crippen molar-refractivity contribution in [3.05, 3.63) is 133 Å². The van der Waals surface area contributed by atoms with E-state index in [4.69, 9.17) is 28.2 Å². The number of nitro groups is 1. The molecule has 1 amide bonds. The number of nitrogens with zero attached hydrogens (tertiary/aromatic N) is 4. The zero-order chi connectivity index (χ0) is 31.0. The predicted octanol–water partition coefficient (Wildman–Crippen LogP) is 10.0. The van der Waals surface area contributed by atoms with Gasteiger partial charge in [0.15, 0.2) is 5.17 Å². The third kappa shape index (κ3) is 6.09. The molecule has 2 heterocycles. The van der Waals surface area contributed by atoms with E-state index >= 15 is 0 Å². The fourth-order valence-corrected chi connectivity index (χ4v) is 6.92. The maximum absolute atomic E-state index is 13.8. The second kappa shape index (κ2) is 12.5. The molecule has 0 N–H and O–H groups in total. The second-order valence-electron chi connectivity index (χ2n) is 9.93. The van der Waals surface area contributed by atoms with Crippen LogP contribution in [0.3, 0.4) is 0 Å². The van der Waals surface area contributed by atoms with Crippen LogP contribution in [0.4, 0.5) is 17.1 Å². The van der Waals surface area contributed by atoms with Gasteiger partial charge in [-0.1, -0.05) is 71.4 Å². The Morgan fingerprint density at radius 1 is 0.932 bits per heavy atom. The number of para-hydroxylation sites is 1. The first-order valence-corrected chi connectivity index (χ1v) is 15.7. The topological polar surface area (TPSA) is 88.7 Å². The normalized spacial score (nSPS) is 15.1. The molecule has 1 fully saturated rings. The standard InChI is InChI=1S/C33H22Cl2N4O3S2/c1-19-8-11-23(17-25(19)34)37-33-38(24-12-9-20(2)26(35)18-24)32(40)30(44-33)16-21-10-13-28(27(15-21)39(41)42)43-29-7-3-5-22-6-4-14-36-31(22)29/h3-18H,1-2H3/b30-16-,37-33?. The van der Waals surface area contributed by atoms with E-state index in [1.54, 1.807) is 42.6 Å². The van der Waals surface area contributed by atoms with Gasteiger partial charge in [0.1, 0.15) is 0 Å². The van der Waals surface area contributed by atoms with E-state index in [9.17, 15) is 14.9 Å². The van der Waals surface area contributed by atoms with Gasteiger partial charge >= 0.3 is 0 Å². The maximum Gasteiger partial charge on any atom is 0.283 e. The Labute approximate surface area is 271 Å². The van der Waals surface area contributed by atoms with Crippen LogP contribution in [0.25, 0.3) is 17.0 Å². The third-order valence-corrected chi connectivity index (χ3v) is 9.79. The van der Waals surface area contributed by atoms with E-state index in [1.165, 1.54) is 34.5 Å². The number of amides is 1. The van der Waals surface area contributed by atoms with Crippen LogP contribution >= 0.6 is 46.7 Å². The van der Waals surface area contributed by atoms with Crippen molar-refractivity contribution in [1.29, 1.82) is 0 Å². The summed E-state index contributed by atoms with van der Waals surface area (Å²) >= 11 is 15.2. The molecule has 44 heavy (non-hydrogen) atoms. The first kappa shape index (κ1) is 29.9. The molecule has 11 heteroatoms. The van der Waals surface area contributed by atoms with Gasteiger partial charge in [0.2, 0.25) is 0 Å². The van der Waals surface area contributed by atoms with Crippen molar-refractivity contribution in [2.24, 2.45) is 4.99 Å². The monoisotopic (exact) mass is 656 g/mol. The Kier molecular flexibility index (Phi) is 8.46. The number of amidine groups is 1. The van der Waals surface area contributed by atoms with Crippen LogP contribution in [0.5, 0.6) is 0 Å². The summed E-state index contributed by atoms with van der Waals surface area (Å²) in [6, 6.07) is 25.3. The second-order valence-corrected chi connectivity index (χ2v) is 12.8. The maximum atomic E-state index is 13.8. The smallest absolute Gasteiger partial charge is 0.268 e. The largest absolute Gasteiger partial charge is 0.283 e. The molecule has 0 spiro atoms. The predicted molar refractivity (Wildman–Crippen MR) is 181 cm³/mol. The Morgan fingerprint density at radius 3 is 2.43 bits per heavy atom. The van der Waals surface area contributed by atoms with E-state index in [-0.39, 0.29) is 11.6 Å². The van der Waals surface area contributed by atoms with Crippen molar-refractivity contribution in [2.75, 3.05) is 4.90 Å². The van der Waals surface area contributed by atoms with Gasteiger partial charge in [-0.25, -0.2) is 4.99 Å². The van der Waals surface area contributed by atoms with E-state index in [2.05, 4.69) is 4.98 Å². The summed E-state index contributed by atoms with van der Waals surface area (Å²) in [5, 5.41) is 14.6. The summed E-state index contributed by atoms with van der Waals surface area (Å²) in [5.41, 5.74) is 4.13. The zero-order valence-electron chi connectivity index (χ0n) is 23.3. The average Bonchev–Trinajstić information content (AvgIpc) is 3.30. The quantitative estimate of drug-likeness (QED) is 0.103. The fraction of sp³-hybridized carbons (Fsp3) is 0.0606. The lowest BCUT2D eigenvalue weighted by molar-refractivity contribution is -0.387. The number of anilines is 1. The van der Waals surface area contributed by atoms with Crippen LogP contribution < -0.4 is 4.90 Å². The highest BCUT2D eigenvalue weighted by atomic mass is 35.5. The summed E-state index contributed by atoms with van der Waals surface area (Å²) in [4.78, 5) is 37.9. The molecule has 1 aliphatic rings. The minimum Gasteiger partial charge on any atom is -0.268 e. The Bertz CT molecular complexity index is 2040. The molecule has 6 rings (SSSR count). The number of rotatable bonds is 6. The molecule has 1 aromatic heterocycles. The molecule has 1 aliphatic heterocycles. The number of benzene rings is 4. The first-order valence-electron chi connectivity index (χ1n) is 13.3. The molecule has 1 saturated heterocycles. The number of pyridine rings is 1. The van der Waals surface area contributed by atoms with E-state index in [1.807, 2.05) is 62.4 Å². The molecule has 4 aromatic carbocycles. The summed E-state index contributed by atoms with van der Waals surface area (Å²) in [6.07, 6.45) is 3.34.